The van der Waals surface area contributed by atoms with Crippen molar-refractivity contribution in [1.82, 2.24) is 14.5 Å². The van der Waals surface area contributed by atoms with Gasteiger partial charge in [-0.05, 0) is 51.7 Å². The smallest absolute Gasteiger partial charge is 0.254 e. The lowest BCUT2D eigenvalue weighted by Gasteiger charge is -2.32. The molecule has 7 heteroatoms. The van der Waals surface area contributed by atoms with Crippen LogP contribution in [0.25, 0.3) is 0 Å². The monoisotopic (exact) mass is 401 g/mol. The number of aromatic nitrogens is 2. The maximum Gasteiger partial charge on any atom is 0.254 e. The molecule has 29 heavy (non-hydrogen) atoms. The van der Waals surface area contributed by atoms with Crippen molar-refractivity contribution in [2.75, 3.05) is 32.9 Å². The van der Waals surface area contributed by atoms with Crippen molar-refractivity contribution in [3.05, 3.63) is 36.4 Å². The third-order valence-corrected chi connectivity index (χ3v) is 5.09. The molecule has 3 rings (SSSR count). The number of carbonyl (C=O) groups excluding carboxylic acids is 1. The number of amides is 1. The molecular formula is C22H31N3O4. The summed E-state index contributed by atoms with van der Waals surface area (Å²) in [4.78, 5) is 19.2. The summed E-state index contributed by atoms with van der Waals surface area (Å²) < 4.78 is 19.3. The summed E-state index contributed by atoms with van der Waals surface area (Å²) in [5.74, 6) is 2.24. The number of piperidine rings is 1. The predicted molar refractivity (Wildman–Crippen MR) is 111 cm³/mol. The zero-order chi connectivity index (χ0) is 20.6. The third-order valence-electron chi connectivity index (χ3n) is 5.09. The summed E-state index contributed by atoms with van der Waals surface area (Å²) >= 11 is 0. The molecule has 0 saturated carbocycles. The highest BCUT2D eigenvalue weighted by molar-refractivity contribution is 5.95. The molecule has 1 fully saturated rings. The predicted octanol–water partition coefficient (Wildman–Crippen LogP) is 3.63. The van der Waals surface area contributed by atoms with Gasteiger partial charge in [0, 0.05) is 37.6 Å². The second-order valence-corrected chi connectivity index (χ2v) is 7.10. The summed E-state index contributed by atoms with van der Waals surface area (Å²) in [6.07, 6.45) is 7.61. The van der Waals surface area contributed by atoms with E-state index in [1.807, 2.05) is 38.2 Å². The molecule has 1 aromatic carbocycles. The normalized spacial score (nSPS) is 14.7. The molecule has 1 aliphatic rings. The Hall–Kier alpha value is -2.70. The van der Waals surface area contributed by atoms with Gasteiger partial charge >= 0.3 is 0 Å². The van der Waals surface area contributed by atoms with Gasteiger partial charge < -0.3 is 23.7 Å². The Kier molecular flexibility index (Phi) is 7.38. The lowest BCUT2D eigenvalue weighted by Crippen LogP contribution is -2.39. The fourth-order valence-electron chi connectivity index (χ4n) is 3.71. The SMILES string of the molecule is CCOc1cc(C(=O)N2CCC(Cn3ccnc3)CC2)cc(OCC)c1OCC. The van der Waals surface area contributed by atoms with Crippen LogP contribution in [-0.2, 0) is 6.54 Å². The summed E-state index contributed by atoms with van der Waals surface area (Å²) in [6, 6.07) is 3.55. The zero-order valence-electron chi connectivity index (χ0n) is 17.6. The Morgan fingerprint density at radius 1 is 1.03 bits per heavy atom. The zero-order valence-corrected chi connectivity index (χ0v) is 17.6. The van der Waals surface area contributed by atoms with Crippen molar-refractivity contribution >= 4 is 5.91 Å². The van der Waals surface area contributed by atoms with Crippen LogP contribution in [0.4, 0.5) is 0 Å². The Balaban J connectivity index is 1.72. The fraction of sp³-hybridized carbons (Fsp3) is 0.545. The number of hydrogen-bond acceptors (Lipinski definition) is 5. The molecule has 1 amide bonds. The van der Waals surface area contributed by atoms with Crippen LogP contribution in [0.1, 0.15) is 44.0 Å². The van der Waals surface area contributed by atoms with Gasteiger partial charge in [0.15, 0.2) is 11.5 Å². The van der Waals surface area contributed by atoms with E-state index in [-0.39, 0.29) is 5.91 Å². The van der Waals surface area contributed by atoms with E-state index in [2.05, 4.69) is 9.55 Å². The third kappa shape index (κ3) is 5.22. The van der Waals surface area contributed by atoms with Gasteiger partial charge in [0.2, 0.25) is 5.75 Å². The first kappa shape index (κ1) is 21.0. The van der Waals surface area contributed by atoms with Crippen LogP contribution in [0, 0.1) is 5.92 Å². The molecule has 0 bridgehead atoms. The summed E-state index contributed by atoms with van der Waals surface area (Å²) in [6.45, 7) is 9.67. The maximum atomic E-state index is 13.2. The minimum absolute atomic E-state index is 0.0102. The lowest BCUT2D eigenvalue weighted by atomic mass is 9.96. The molecule has 1 saturated heterocycles. The minimum Gasteiger partial charge on any atom is -0.490 e. The number of ether oxygens (including phenoxy) is 3. The molecule has 1 aromatic heterocycles. The van der Waals surface area contributed by atoms with Crippen molar-refractivity contribution < 1.29 is 19.0 Å². The molecule has 0 radical (unpaired) electrons. The number of imidazole rings is 1. The van der Waals surface area contributed by atoms with Crippen LogP contribution in [0.2, 0.25) is 0 Å². The molecule has 0 unspecified atom stereocenters. The maximum absolute atomic E-state index is 13.2. The first-order valence-electron chi connectivity index (χ1n) is 10.5. The van der Waals surface area contributed by atoms with Gasteiger partial charge in [-0.3, -0.25) is 4.79 Å². The van der Waals surface area contributed by atoms with Crippen molar-refractivity contribution in [2.24, 2.45) is 5.92 Å². The molecule has 158 valence electrons. The molecule has 0 spiro atoms. The van der Waals surface area contributed by atoms with Gasteiger partial charge in [0.05, 0.1) is 26.1 Å². The van der Waals surface area contributed by atoms with E-state index in [0.29, 0.717) is 48.6 Å². The van der Waals surface area contributed by atoms with E-state index in [1.54, 1.807) is 18.3 Å². The van der Waals surface area contributed by atoms with Crippen molar-refractivity contribution in [2.45, 2.75) is 40.2 Å². The highest BCUT2D eigenvalue weighted by atomic mass is 16.5. The van der Waals surface area contributed by atoms with Crippen LogP contribution in [0.5, 0.6) is 17.2 Å². The van der Waals surface area contributed by atoms with Crippen LogP contribution < -0.4 is 14.2 Å². The van der Waals surface area contributed by atoms with Gasteiger partial charge in [0.1, 0.15) is 0 Å². The average Bonchev–Trinajstić information content (AvgIpc) is 3.23. The van der Waals surface area contributed by atoms with Crippen LogP contribution in [0.15, 0.2) is 30.9 Å². The van der Waals surface area contributed by atoms with Crippen molar-refractivity contribution in [1.29, 1.82) is 0 Å². The first-order chi connectivity index (χ1) is 14.2. The molecule has 1 aliphatic heterocycles. The number of carbonyl (C=O) groups is 1. The molecule has 0 N–H and O–H groups in total. The molecule has 0 aliphatic carbocycles. The molecule has 2 aromatic rings. The van der Waals surface area contributed by atoms with Gasteiger partial charge in [-0.1, -0.05) is 0 Å². The van der Waals surface area contributed by atoms with E-state index in [9.17, 15) is 4.79 Å². The van der Waals surface area contributed by atoms with Gasteiger partial charge in [-0.25, -0.2) is 4.98 Å². The largest absolute Gasteiger partial charge is 0.490 e. The molecule has 0 atom stereocenters. The Morgan fingerprint density at radius 3 is 2.17 bits per heavy atom. The van der Waals surface area contributed by atoms with Gasteiger partial charge in [-0.15, -0.1) is 0 Å². The first-order valence-corrected chi connectivity index (χ1v) is 10.5. The number of benzene rings is 1. The van der Waals surface area contributed by atoms with Gasteiger partial charge in [-0.2, -0.15) is 0 Å². The highest BCUT2D eigenvalue weighted by Crippen LogP contribution is 2.39. The second kappa shape index (κ2) is 10.2. The Morgan fingerprint density at radius 2 is 1.66 bits per heavy atom. The van der Waals surface area contributed by atoms with E-state index < -0.39 is 0 Å². The Labute approximate surface area is 172 Å². The van der Waals surface area contributed by atoms with E-state index in [4.69, 9.17) is 14.2 Å². The van der Waals surface area contributed by atoms with Crippen molar-refractivity contribution in [3.8, 4) is 17.2 Å². The Bertz CT molecular complexity index is 756. The number of hydrogen-bond donors (Lipinski definition) is 0. The molecule has 2 heterocycles. The summed E-state index contributed by atoms with van der Waals surface area (Å²) in [5, 5.41) is 0. The fourth-order valence-corrected chi connectivity index (χ4v) is 3.71. The molecule has 7 nitrogen and oxygen atoms in total. The van der Waals surface area contributed by atoms with Gasteiger partial charge in [0.25, 0.3) is 5.91 Å². The number of likely N-dealkylation sites (tertiary alicyclic amines) is 1. The summed E-state index contributed by atoms with van der Waals surface area (Å²) in [5.41, 5.74) is 0.577. The highest BCUT2D eigenvalue weighted by Gasteiger charge is 2.26. The quantitative estimate of drug-likeness (QED) is 0.642. The van der Waals surface area contributed by atoms with Crippen LogP contribution >= 0.6 is 0 Å². The lowest BCUT2D eigenvalue weighted by molar-refractivity contribution is 0.0681. The standard InChI is InChI=1S/C22H31N3O4/c1-4-27-19-13-18(14-20(28-5-2)21(19)29-6-3)22(26)25-10-7-17(8-11-25)15-24-12-9-23-16-24/h9,12-14,16-17H,4-8,10-11,15H2,1-3H3. The minimum atomic E-state index is 0.0102. The molecular weight excluding hydrogens is 370 g/mol. The number of rotatable bonds is 9. The summed E-state index contributed by atoms with van der Waals surface area (Å²) in [7, 11) is 0. The van der Waals surface area contributed by atoms with E-state index in [1.165, 1.54) is 0 Å². The van der Waals surface area contributed by atoms with Crippen LogP contribution in [-0.4, -0.2) is 53.3 Å². The van der Waals surface area contributed by atoms with Crippen LogP contribution in [0.3, 0.4) is 0 Å². The topological polar surface area (TPSA) is 65.8 Å². The second-order valence-electron chi connectivity index (χ2n) is 7.10. The van der Waals surface area contributed by atoms with E-state index in [0.717, 1.165) is 32.5 Å². The average molecular weight is 402 g/mol. The number of nitrogens with zero attached hydrogens (tertiary/aromatic N) is 3. The van der Waals surface area contributed by atoms with E-state index >= 15 is 0 Å². The van der Waals surface area contributed by atoms with Crippen molar-refractivity contribution in [3.63, 3.8) is 0 Å².